The molecule has 0 amide bonds. The number of hydrogen-bond acceptors (Lipinski definition) is 6. The fourth-order valence-corrected chi connectivity index (χ4v) is 1.95. The van der Waals surface area contributed by atoms with E-state index in [1.54, 1.807) is 7.11 Å². The minimum atomic E-state index is 0.380. The molecule has 1 fully saturated rings. The van der Waals surface area contributed by atoms with Crippen LogP contribution in [0, 0.1) is 0 Å². The second-order valence-corrected chi connectivity index (χ2v) is 4.80. The van der Waals surface area contributed by atoms with Crippen molar-refractivity contribution in [1.29, 1.82) is 0 Å². The average Bonchev–Trinajstić information content (AvgIpc) is 3.26. The highest BCUT2D eigenvalue weighted by Gasteiger charge is 2.31. The Morgan fingerprint density at radius 2 is 2.00 bits per heavy atom. The number of methoxy groups -OCH3 is 1. The third kappa shape index (κ3) is 3.68. The van der Waals surface area contributed by atoms with Crippen LogP contribution >= 0.6 is 0 Å². The molecule has 1 aliphatic rings. The number of ether oxygens (including phenoxy) is 1. The Kier molecular flexibility index (Phi) is 4.76. The molecule has 2 rings (SSSR count). The number of nitrogens with one attached hydrogen (secondary N) is 1. The van der Waals surface area contributed by atoms with Crippen molar-refractivity contribution < 1.29 is 4.74 Å². The first-order valence-electron chi connectivity index (χ1n) is 7.09. The normalized spacial score (nSPS) is 14.3. The highest BCUT2D eigenvalue weighted by Crippen LogP contribution is 2.30. The second-order valence-electron chi connectivity index (χ2n) is 4.80. The van der Waals surface area contributed by atoms with Crippen molar-refractivity contribution in [2.45, 2.75) is 45.6 Å². The van der Waals surface area contributed by atoms with Gasteiger partial charge in [0.05, 0.1) is 7.11 Å². The van der Waals surface area contributed by atoms with Crippen molar-refractivity contribution in [3.8, 4) is 6.01 Å². The summed E-state index contributed by atoms with van der Waals surface area (Å²) in [5, 5.41) is 3.20. The molecule has 0 unspecified atom stereocenters. The van der Waals surface area contributed by atoms with E-state index in [0.29, 0.717) is 18.0 Å². The molecule has 0 atom stereocenters. The molecule has 0 aromatic carbocycles. The Hall–Kier alpha value is -1.59. The van der Waals surface area contributed by atoms with E-state index in [1.165, 1.54) is 12.8 Å². The van der Waals surface area contributed by atoms with E-state index in [-0.39, 0.29) is 0 Å². The summed E-state index contributed by atoms with van der Waals surface area (Å²) in [7, 11) is 1.59. The van der Waals surface area contributed by atoms with Crippen LogP contribution in [0.15, 0.2) is 0 Å². The Bertz CT molecular complexity index is 408. The molecular formula is C13H23N5O. The van der Waals surface area contributed by atoms with Gasteiger partial charge in [-0.3, -0.25) is 0 Å². The fourth-order valence-electron chi connectivity index (χ4n) is 1.95. The molecule has 6 nitrogen and oxygen atoms in total. The summed E-state index contributed by atoms with van der Waals surface area (Å²) in [6.07, 6.45) is 4.57. The van der Waals surface area contributed by atoms with Crippen LogP contribution in [0.1, 0.15) is 39.5 Å². The molecule has 1 aromatic rings. The van der Waals surface area contributed by atoms with Crippen LogP contribution in [0.2, 0.25) is 0 Å². The summed E-state index contributed by atoms with van der Waals surface area (Å²) >= 11 is 0. The van der Waals surface area contributed by atoms with Crippen LogP contribution in [-0.4, -0.2) is 41.2 Å². The monoisotopic (exact) mass is 265 g/mol. The van der Waals surface area contributed by atoms with Crippen LogP contribution in [0.4, 0.5) is 11.9 Å². The molecule has 1 aromatic heterocycles. The standard InChI is InChI=1S/C13H23N5O/c1-4-8-14-11-15-12(17-13(16-11)19-3)18(9-5-2)10-6-7-10/h10H,4-9H2,1-3H3,(H,14,15,16,17). The zero-order valence-electron chi connectivity index (χ0n) is 12.0. The first-order valence-corrected chi connectivity index (χ1v) is 7.09. The number of aromatic nitrogens is 3. The van der Waals surface area contributed by atoms with Crippen LogP contribution < -0.4 is 15.0 Å². The Balaban J connectivity index is 2.21. The molecular weight excluding hydrogens is 242 g/mol. The van der Waals surface area contributed by atoms with E-state index in [9.17, 15) is 0 Å². The highest BCUT2D eigenvalue weighted by atomic mass is 16.5. The van der Waals surface area contributed by atoms with Gasteiger partial charge in [-0.25, -0.2) is 0 Å². The van der Waals surface area contributed by atoms with Crippen molar-refractivity contribution in [1.82, 2.24) is 15.0 Å². The number of hydrogen-bond donors (Lipinski definition) is 1. The lowest BCUT2D eigenvalue weighted by molar-refractivity contribution is 0.378. The molecule has 1 heterocycles. The molecule has 1 N–H and O–H groups in total. The third-order valence-corrected chi connectivity index (χ3v) is 3.03. The summed E-state index contributed by atoms with van der Waals surface area (Å²) in [5.41, 5.74) is 0. The van der Waals surface area contributed by atoms with Gasteiger partial charge in [-0.05, 0) is 25.7 Å². The van der Waals surface area contributed by atoms with E-state index >= 15 is 0 Å². The second kappa shape index (κ2) is 6.54. The van der Waals surface area contributed by atoms with Gasteiger partial charge < -0.3 is 15.0 Å². The summed E-state index contributed by atoms with van der Waals surface area (Å²) in [6, 6.07) is 0.969. The summed E-state index contributed by atoms with van der Waals surface area (Å²) in [6.45, 7) is 6.11. The van der Waals surface area contributed by atoms with Gasteiger partial charge in [-0.1, -0.05) is 13.8 Å². The predicted octanol–water partition coefficient (Wildman–Crippen LogP) is 2.08. The molecule has 19 heavy (non-hydrogen) atoms. The van der Waals surface area contributed by atoms with E-state index in [2.05, 4.69) is 39.0 Å². The van der Waals surface area contributed by atoms with E-state index in [0.717, 1.165) is 31.9 Å². The van der Waals surface area contributed by atoms with E-state index < -0.39 is 0 Å². The van der Waals surface area contributed by atoms with E-state index in [4.69, 9.17) is 4.74 Å². The Morgan fingerprint density at radius 3 is 2.58 bits per heavy atom. The van der Waals surface area contributed by atoms with Crippen LogP contribution in [0.5, 0.6) is 6.01 Å². The maximum atomic E-state index is 5.18. The van der Waals surface area contributed by atoms with Gasteiger partial charge in [0.2, 0.25) is 11.9 Å². The average molecular weight is 265 g/mol. The molecule has 0 aliphatic heterocycles. The largest absolute Gasteiger partial charge is 0.467 e. The molecule has 1 aliphatic carbocycles. The Labute approximate surface area is 114 Å². The number of anilines is 2. The van der Waals surface area contributed by atoms with Crippen LogP contribution in [-0.2, 0) is 0 Å². The molecule has 0 radical (unpaired) electrons. The van der Waals surface area contributed by atoms with Crippen LogP contribution in [0.3, 0.4) is 0 Å². The fraction of sp³-hybridized carbons (Fsp3) is 0.769. The van der Waals surface area contributed by atoms with Gasteiger partial charge in [-0.15, -0.1) is 0 Å². The lowest BCUT2D eigenvalue weighted by Crippen LogP contribution is -2.29. The quantitative estimate of drug-likeness (QED) is 0.776. The maximum absolute atomic E-state index is 5.18. The van der Waals surface area contributed by atoms with Gasteiger partial charge in [0.25, 0.3) is 0 Å². The summed E-state index contributed by atoms with van der Waals surface area (Å²) in [4.78, 5) is 15.4. The van der Waals surface area contributed by atoms with Crippen LogP contribution in [0.25, 0.3) is 0 Å². The minimum Gasteiger partial charge on any atom is -0.467 e. The zero-order valence-corrected chi connectivity index (χ0v) is 12.0. The topological polar surface area (TPSA) is 63.2 Å². The summed E-state index contributed by atoms with van der Waals surface area (Å²) in [5.74, 6) is 1.33. The molecule has 6 heteroatoms. The van der Waals surface area contributed by atoms with Crippen molar-refractivity contribution in [3.63, 3.8) is 0 Å². The van der Waals surface area contributed by atoms with Crippen molar-refractivity contribution in [3.05, 3.63) is 0 Å². The molecule has 0 spiro atoms. The molecule has 0 bridgehead atoms. The summed E-state index contributed by atoms with van der Waals surface area (Å²) < 4.78 is 5.18. The van der Waals surface area contributed by atoms with E-state index in [1.807, 2.05) is 0 Å². The predicted molar refractivity (Wildman–Crippen MR) is 75.8 cm³/mol. The zero-order chi connectivity index (χ0) is 13.7. The van der Waals surface area contributed by atoms with Gasteiger partial charge in [0.1, 0.15) is 0 Å². The lowest BCUT2D eigenvalue weighted by Gasteiger charge is -2.22. The van der Waals surface area contributed by atoms with Gasteiger partial charge in [-0.2, -0.15) is 15.0 Å². The third-order valence-electron chi connectivity index (χ3n) is 3.03. The van der Waals surface area contributed by atoms with Gasteiger partial charge in [0, 0.05) is 19.1 Å². The Morgan fingerprint density at radius 1 is 1.21 bits per heavy atom. The van der Waals surface area contributed by atoms with Gasteiger partial charge >= 0.3 is 6.01 Å². The lowest BCUT2D eigenvalue weighted by atomic mass is 10.4. The van der Waals surface area contributed by atoms with Gasteiger partial charge in [0.15, 0.2) is 0 Å². The molecule has 1 saturated carbocycles. The van der Waals surface area contributed by atoms with Crippen molar-refractivity contribution >= 4 is 11.9 Å². The minimum absolute atomic E-state index is 0.380. The smallest absolute Gasteiger partial charge is 0.322 e. The molecule has 0 saturated heterocycles. The van der Waals surface area contributed by atoms with Crippen molar-refractivity contribution in [2.75, 3.05) is 30.4 Å². The van der Waals surface area contributed by atoms with Crippen molar-refractivity contribution in [2.24, 2.45) is 0 Å². The highest BCUT2D eigenvalue weighted by molar-refractivity contribution is 5.40. The molecule has 106 valence electrons. The first-order chi connectivity index (χ1) is 9.28. The number of rotatable bonds is 8. The maximum Gasteiger partial charge on any atom is 0.322 e. The first kappa shape index (κ1) is 13.8. The number of nitrogens with zero attached hydrogens (tertiary/aromatic N) is 4. The SMILES string of the molecule is CCCNc1nc(OC)nc(N(CCC)C2CC2)n1.